The smallest absolute Gasteiger partial charge is 0.258 e. The average molecular weight is 371 g/mol. The van der Waals surface area contributed by atoms with E-state index in [-0.39, 0.29) is 18.6 Å². The fourth-order valence-corrected chi connectivity index (χ4v) is 3.36. The van der Waals surface area contributed by atoms with Crippen LogP contribution in [0.3, 0.4) is 0 Å². The van der Waals surface area contributed by atoms with Gasteiger partial charge in [-0.15, -0.1) is 0 Å². The molecule has 1 unspecified atom stereocenters. The lowest BCUT2D eigenvalue weighted by Crippen LogP contribution is -2.31. The Kier molecular flexibility index (Phi) is 6.72. The van der Waals surface area contributed by atoms with E-state index < -0.39 is 0 Å². The molecule has 0 heterocycles. The Morgan fingerprint density at radius 3 is 2.04 bits per heavy atom. The Bertz CT molecular complexity index is 806. The van der Waals surface area contributed by atoms with Crippen molar-refractivity contribution in [1.29, 1.82) is 0 Å². The molecule has 0 aromatic heterocycles. The van der Waals surface area contributed by atoms with E-state index in [1.165, 1.54) is 5.56 Å². The number of hydrogen-bond donors (Lipinski definition) is 1. The van der Waals surface area contributed by atoms with Gasteiger partial charge in [0.2, 0.25) is 0 Å². The van der Waals surface area contributed by atoms with Gasteiger partial charge in [0.15, 0.2) is 18.1 Å². The first-order valence-corrected chi connectivity index (χ1v) is 8.99. The minimum Gasteiger partial charge on any atom is -0.493 e. The lowest BCUT2D eigenvalue weighted by atomic mass is 10.0. The number of amides is 1. The van der Waals surface area contributed by atoms with E-state index in [4.69, 9.17) is 14.2 Å². The largest absolute Gasteiger partial charge is 0.493 e. The predicted octanol–water partition coefficient (Wildman–Crippen LogP) is 4.19. The van der Waals surface area contributed by atoms with Crippen LogP contribution in [0, 0.1) is 27.7 Å². The summed E-state index contributed by atoms with van der Waals surface area (Å²) in [6.45, 7) is 9.92. The Labute approximate surface area is 161 Å². The molecule has 146 valence electrons. The van der Waals surface area contributed by atoms with E-state index in [2.05, 4.69) is 17.4 Å². The van der Waals surface area contributed by atoms with Crippen LogP contribution >= 0.6 is 0 Å². The molecule has 0 radical (unpaired) electrons. The lowest BCUT2D eigenvalue weighted by molar-refractivity contribution is -0.123. The van der Waals surface area contributed by atoms with Gasteiger partial charge in [-0.25, -0.2) is 0 Å². The van der Waals surface area contributed by atoms with Gasteiger partial charge in [-0.2, -0.15) is 0 Å². The van der Waals surface area contributed by atoms with Crippen LogP contribution in [0.1, 0.15) is 40.8 Å². The first-order chi connectivity index (χ1) is 12.8. The molecule has 5 heteroatoms. The second-order valence-electron chi connectivity index (χ2n) is 6.87. The van der Waals surface area contributed by atoms with Crippen LogP contribution in [0.25, 0.3) is 0 Å². The molecule has 1 atom stereocenters. The molecule has 0 fully saturated rings. The van der Waals surface area contributed by atoms with Crippen molar-refractivity contribution < 1.29 is 19.0 Å². The van der Waals surface area contributed by atoms with E-state index in [0.29, 0.717) is 11.5 Å². The summed E-state index contributed by atoms with van der Waals surface area (Å²) in [5.41, 5.74) is 5.24. The minimum atomic E-state index is -0.180. The van der Waals surface area contributed by atoms with Crippen LogP contribution in [0.5, 0.6) is 17.2 Å². The predicted molar refractivity (Wildman–Crippen MR) is 107 cm³/mol. The third kappa shape index (κ3) is 4.94. The number of nitrogens with one attached hydrogen (secondary N) is 1. The quantitative estimate of drug-likeness (QED) is 0.793. The molecule has 0 aliphatic rings. The maximum absolute atomic E-state index is 12.4. The maximum Gasteiger partial charge on any atom is 0.258 e. The molecule has 27 heavy (non-hydrogen) atoms. The van der Waals surface area contributed by atoms with Crippen molar-refractivity contribution >= 4 is 5.91 Å². The van der Waals surface area contributed by atoms with E-state index in [1.807, 2.05) is 46.8 Å². The Morgan fingerprint density at radius 1 is 0.926 bits per heavy atom. The summed E-state index contributed by atoms with van der Waals surface area (Å²) >= 11 is 0. The number of hydrogen-bond acceptors (Lipinski definition) is 4. The van der Waals surface area contributed by atoms with Gasteiger partial charge < -0.3 is 19.5 Å². The van der Waals surface area contributed by atoms with E-state index in [1.54, 1.807) is 14.2 Å². The van der Waals surface area contributed by atoms with Crippen molar-refractivity contribution in [3.05, 3.63) is 52.1 Å². The molecule has 0 saturated heterocycles. The zero-order chi connectivity index (χ0) is 20.1. The second kappa shape index (κ2) is 8.80. The Morgan fingerprint density at radius 2 is 1.48 bits per heavy atom. The summed E-state index contributed by atoms with van der Waals surface area (Å²) in [4.78, 5) is 12.4. The minimum absolute atomic E-state index is 0.0264. The summed E-state index contributed by atoms with van der Waals surface area (Å²) < 4.78 is 16.5. The van der Waals surface area contributed by atoms with E-state index >= 15 is 0 Å². The third-order valence-electron chi connectivity index (χ3n) is 4.57. The zero-order valence-corrected chi connectivity index (χ0v) is 17.2. The monoisotopic (exact) mass is 371 g/mol. The van der Waals surface area contributed by atoms with Gasteiger partial charge in [-0.05, 0) is 69.0 Å². The highest BCUT2D eigenvalue weighted by atomic mass is 16.5. The summed E-state index contributed by atoms with van der Waals surface area (Å²) in [7, 11) is 3.20. The van der Waals surface area contributed by atoms with Crippen LogP contribution in [-0.2, 0) is 4.79 Å². The normalized spacial score (nSPS) is 11.7. The van der Waals surface area contributed by atoms with Crippen LogP contribution in [-0.4, -0.2) is 26.7 Å². The van der Waals surface area contributed by atoms with Crippen LogP contribution in [0.4, 0.5) is 0 Å². The number of rotatable bonds is 7. The van der Waals surface area contributed by atoms with Crippen LogP contribution in [0.15, 0.2) is 24.3 Å². The van der Waals surface area contributed by atoms with Gasteiger partial charge in [0.25, 0.3) is 5.91 Å². The molecule has 0 aliphatic heterocycles. The fourth-order valence-electron chi connectivity index (χ4n) is 3.36. The zero-order valence-electron chi connectivity index (χ0n) is 17.2. The standard InChI is InChI=1S/C22H29NO4/c1-13-8-15(3)22(16(4)9-13)27-12-21(24)23-17(5)18-11-20(26-7)19(25-6)10-14(18)2/h8-11,17H,12H2,1-7H3,(H,23,24). The number of aryl methyl sites for hydroxylation is 4. The molecule has 2 aromatic carbocycles. The molecule has 0 spiro atoms. The highest BCUT2D eigenvalue weighted by molar-refractivity contribution is 5.78. The van der Waals surface area contributed by atoms with Crippen molar-refractivity contribution in [2.45, 2.75) is 40.7 Å². The van der Waals surface area contributed by atoms with Crippen molar-refractivity contribution in [2.75, 3.05) is 20.8 Å². The first kappa shape index (κ1) is 20.6. The highest BCUT2D eigenvalue weighted by Gasteiger charge is 2.16. The molecule has 1 N–H and O–H groups in total. The average Bonchev–Trinajstić information content (AvgIpc) is 2.60. The van der Waals surface area contributed by atoms with Gasteiger partial charge in [0.05, 0.1) is 20.3 Å². The number of carbonyl (C=O) groups is 1. The number of carbonyl (C=O) groups excluding carboxylic acids is 1. The first-order valence-electron chi connectivity index (χ1n) is 8.99. The molecule has 1 amide bonds. The summed E-state index contributed by atoms with van der Waals surface area (Å²) in [6.07, 6.45) is 0. The van der Waals surface area contributed by atoms with Crippen molar-refractivity contribution in [3.63, 3.8) is 0 Å². The molecule has 5 nitrogen and oxygen atoms in total. The summed E-state index contributed by atoms with van der Waals surface area (Å²) in [6, 6.07) is 7.73. The van der Waals surface area contributed by atoms with Crippen molar-refractivity contribution in [2.24, 2.45) is 0 Å². The maximum atomic E-state index is 12.4. The van der Waals surface area contributed by atoms with Crippen molar-refractivity contribution in [3.8, 4) is 17.2 Å². The summed E-state index contributed by atoms with van der Waals surface area (Å²) in [5.74, 6) is 1.91. The third-order valence-corrected chi connectivity index (χ3v) is 4.57. The summed E-state index contributed by atoms with van der Waals surface area (Å²) in [5, 5.41) is 2.99. The van der Waals surface area contributed by atoms with E-state index in [9.17, 15) is 4.79 Å². The molecule has 0 saturated carbocycles. The molecular formula is C22H29NO4. The molecule has 2 aromatic rings. The Balaban J connectivity index is 2.06. The van der Waals surface area contributed by atoms with Gasteiger partial charge >= 0.3 is 0 Å². The molecular weight excluding hydrogens is 342 g/mol. The fraction of sp³-hybridized carbons (Fsp3) is 0.409. The number of methoxy groups -OCH3 is 2. The lowest BCUT2D eigenvalue weighted by Gasteiger charge is -2.20. The number of benzene rings is 2. The van der Waals surface area contributed by atoms with Gasteiger partial charge in [0, 0.05) is 0 Å². The van der Waals surface area contributed by atoms with E-state index in [0.717, 1.165) is 28.0 Å². The topological polar surface area (TPSA) is 56.8 Å². The number of ether oxygens (including phenoxy) is 3. The molecule has 0 aliphatic carbocycles. The molecule has 2 rings (SSSR count). The van der Waals surface area contributed by atoms with Crippen LogP contribution in [0.2, 0.25) is 0 Å². The Hall–Kier alpha value is -2.69. The van der Waals surface area contributed by atoms with Crippen LogP contribution < -0.4 is 19.5 Å². The van der Waals surface area contributed by atoms with Crippen molar-refractivity contribution in [1.82, 2.24) is 5.32 Å². The molecule has 0 bridgehead atoms. The highest BCUT2D eigenvalue weighted by Crippen LogP contribution is 2.32. The van der Waals surface area contributed by atoms with Gasteiger partial charge in [-0.1, -0.05) is 17.7 Å². The van der Waals surface area contributed by atoms with Gasteiger partial charge in [-0.3, -0.25) is 4.79 Å². The SMILES string of the molecule is COc1cc(C)c(C(C)NC(=O)COc2c(C)cc(C)cc2C)cc1OC. The van der Waals surface area contributed by atoms with Gasteiger partial charge in [0.1, 0.15) is 5.75 Å². The second-order valence-corrected chi connectivity index (χ2v) is 6.87.